The highest BCUT2D eigenvalue weighted by Crippen LogP contribution is 2.04. The average molecular weight is 169 g/mol. The van der Waals surface area contributed by atoms with Crippen molar-refractivity contribution >= 4 is 5.97 Å². The molecule has 0 bridgehead atoms. The zero-order chi connectivity index (χ0) is 9.14. The SMILES string of the molecule is CCOC(=O)c1c(C)ncn1N. The lowest BCUT2D eigenvalue weighted by atomic mass is 10.3. The van der Waals surface area contributed by atoms with Crippen molar-refractivity contribution in [2.24, 2.45) is 0 Å². The molecule has 1 aromatic heterocycles. The number of aromatic nitrogens is 2. The van der Waals surface area contributed by atoms with Crippen molar-refractivity contribution in [3.8, 4) is 0 Å². The summed E-state index contributed by atoms with van der Waals surface area (Å²) in [6, 6.07) is 0. The normalized spacial score (nSPS) is 9.83. The van der Waals surface area contributed by atoms with E-state index in [1.807, 2.05) is 0 Å². The predicted octanol–water partition coefficient (Wildman–Crippen LogP) is 0.0820. The first-order valence-electron chi connectivity index (χ1n) is 3.63. The molecule has 0 aliphatic heterocycles. The van der Waals surface area contributed by atoms with E-state index < -0.39 is 5.97 Å². The minimum Gasteiger partial charge on any atom is -0.461 e. The number of nitrogens with two attached hydrogens (primary N) is 1. The topological polar surface area (TPSA) is 70.1 Å². The van der Waals surface area contributed by atoms with Crippen LogP contribution in [0.1, 0.15) is 23.1 Å². The second-order valence-corrected chi connectivity index (χ2v) is 2.31. The molecule has 0 saturated carbocycles. The Morgan fingerprint density at radius 2 is 2.50 bits per heavy atom. The number of imidazole rings is 1. The number of nitrogens with zero attached hydrogens (tertiary/aromatic N) is 2. The fourth-order valence-electron chi connectivity index (χ4n) is 0.907. The van der Waals surface area contributed by atoms with E-state index in [1.165, 1.54) is 6.33 Å². The van der Waals surface area contributed by atoms with E-state index in [-0.39, 0.29) is 0 Å². The van der Waals surface area contributed by atoms with Crippen LogP contribution in [-0.4, -0.2) is 22.2 Å². The van der Waals surface area contributed by atoms with Crippen LogP contribution >= 0.6 is 0 Å². The molecule has 0 fully saturated rings. The van der Waals surface area contributed by atoms with Gasteiger partial charge >= 0.3 is 5.97 Å². The first-order valence-corrected chi connectivity index (χ1v) is 3.63. The third kappa shape index (κ3) is 1.39. The van der Waals surface area contributed by atoms with Gasteiger partial charge in [-0.25, -0.2) is 14.5 Å². The van der Waals surface area contributed by atoms with Gasteiger partial charge in [0.05, 0.1) is 12.3 Å². The maximum absolute atomic E-state index is 11.2. The molecule has 5 heteroatoms. The highest BCUT2D eigenvalue weighted by Gasteiger charge is 2.15. The molecule has 0 atom stereocenters. The summed E-state index contributed by atoms with van der Waals surface area (Å²) in [6.07, 6.45) is 1.38. The van der Waals surface area contributed by atoms with Crippen molar-refractivity contribution in [2.75, 3.05) is 12.4 Å². The minimum absolute atomic E-state index is 0.303. The Kier molecular flexibility index (Phi) is 2.32. The summed E-state index contributed by atoms with van der Waals surface area (Å²) >= 11 is 0. The largest absolute Gasteiger partial charge is 0.461 e. The van der Waals surface area contributed by atoms with Crippen molar-refractivity contribution < 1.29 is 9.53 Å². The molecule has 12 heavy (non-hydrogen) atoms. The summed E-state index contributed by atoms with van der Waals surface area (Å²) in [5.41, 5.74) is 0.882. The van der Waals surface area contributed by atoms with Crippen LogP contribution in [-0.2, 0) is 4.74 Å². The van der Waals surface area contributed by atoms with Crippen LogP contribution in [0.15, 0.2) is 6.33 Å². The number of hydrogen-bond acceptors (Lipinski definition) is 4. The molecule has 0 amide bonds. The number of aryl methyl sites for hydroxylation is 1. The first-order chi connectivity index (χ1) is 5.66. The molecule has 1 aromatic rings. The molecule has 0 aromatic carbocycles. The monoisotopic (exact) mass is 169 g/mol. The molecule has 0 aliphatic carbocycles. The quantitative estimate of drug-likeness (QED) is 0.503. The van der Waals surface area contributed by atoms with E-state index in [9.17, 15) is 4.79 Å². The van der Waals surface area contributed by atoms with Crippen LogP contribution in [0.4, 0.5) is 0 Å². The van der Waals surface area contributed by atoms with Gasteiger partial charge in [0.25, 0.3) is 0 Å². The van der Waals surface area contributed by atoms with Crippen molar-refractivity contribution in [3.63, 3.8) is 0 Å². The lowest BCUT2D eigenvalue weighted by Crippen LogP contribution is -2.18. The summed E-state index contributed by atoms with van der Waals surface area (Å²) in [5.74, 6) is 4.99. The zero-order valence-corrected chi connectivity index (χ0v) is 7.07. The Morgan fingerprint density at radius 3 is 2.92 bits per heavy atom. The Bertz CT molecular complexity index is 273. The molecule has 0 radical (unpaired) electrons. The lowest BCUT2D eigenvalue weighted by molar-refractivity contribution is 0.0515. The van der Waals surface area contributed by atoms with Crippen LogP contribution in [0, 0.1) is 6.92 Å². The molecule has 66 valence electrons. The molecule has 0 spiro atoms. The van der Waals surface area contributed by atoms with Crippen LogP contribution in [0.2, 0.25) is 0 Å². The number of nitrogen functional groups attached to an aromatic ring is 1. The van der Waals surface area contributed by atoms with Crippen LogP contribution in [0.25, 0.3) is 0 Å². The van der Waals surface area contributed by atoms with E-state index in [0.717, 1.165) is 4.68 Å². The number of esters is 1. The summed E-state index contributed by atoms with van der Waals surface area (Å²) in [4.78, 5) is 15.0. The first kappa shape index (κ1) is 8.58. The van der Waals surface area contributed by atoms with Crippen LogP contribution in [0.5, 0.6) is 0 Å². The molecule has 5 nitrogen and oxygen atoms in total. The second kappa shape index (κ2) is 3.25. The summed E-state index contributed by atoms with van der Waals surface area (Å²) < 4.78 is 5.93. The molecule has 0 saturated heterocycles. The van der Waals surface area contributed by atoms with Gasteiger partial charge in [-0.1, -0.05) is 0 Å². The van der Waals surface area contributed by atoms with Gasteiger partial charge in [-0.15, -0.1) is 0 Å². The Hall–Kier alpha value is -1.52. The third-order valence-corrected chi connectivity index (χ3v) is 1.45. The van der Waals surface area contributed by atoms with Gasteiger partial charge in [0.2, 0.25) is 0 Å². The summed E-state index contributed by atoms with van der Waals surface area (Å²) in [7, 11) is 0. The van der Waals surface area contributed by atoms with Crippen LogP contribution in [0.3, 0.4) is 0 Å². The van der Waals surface area contributed by atoms with Crippen molar-refractivity contribution in [2.45, 2.75) is 13.8 Å². The van der Waals surface area contributed by atoms with Crippen molar-refractivity contribution in [3.05, 3.63) is 17.7 Å². The van der Waals surface area contributed by atoms with E-state index in [4.69, 9.17) is 10.6 Å². The van der Waals surface area contributed by atoms with Gasteiger partial charge in [-0.3, -0.25) is 0 Å². The Morgan fingerprint density at radius 1 is 1.83 bits per heavy atom. The van der Waals surface area contributed by atoms with E-state index in [0.29, 0.717) is 18.0 Å². The maximum atomic E-state index is 11.2. The molecule has 0 unspecified atom stereocenters. The molecule has 1 rings (SSSR count). The molecule has 2 N–H and O–H groups in total. The Labute approximate surface area is 70.1 Å². The molecule has 0 aliphatic rings. The van der Waals surface area contributed by atoms with Gasteiger partial charge in [0.15, 0.2) is 5.69 Å². The number of hydrogen-bond donors (Lipinski definition) is 1. The predicted molar refractivity (Wildman–Crippen MR) is 43.1 cm³/mol. The lowest BCUT2D eigenvalue weighted by Gasteiger charge is -2.02. The maximum Gasteiger partial charge on any atom is 0.358 e. The summed E-state index contributed by atoms with van der Waals surface area (Å²) in [5, 5.41) is 0. The number of rotatable bonds is 2. The van der Waals surface area contributed by atoms with Gasteiger partial charge in [-0.05, 0) is 13.8 Å². The van der Waals surface area contributed by atoms with Gasteiger partial charge in [0, 0.05) is 0 Å². The molecular formula is C7H11N3O2. The van der Waals surface area contributed by atoms with Crippen LogP contribution < -0.4 is 5.84 Å². The van der Waals surface area contributed by atoms with E-state index in [1.54, 1.807) is 13.8 Å². The van der Waals surface area contributed by atoms with E-state index in [2.05, 4.69) is 4.98 Å². The summed E-state index contributed by atoms with van der Waals surface area (Å²) in [6.45, 7) is 3.78. The van der Waals surface area contributed by atoms with Crippen molar-refractivity contribution in [1.29, 1.82) is 0 Å². The van der Waals surface area contributed by atoms with Gasteiger partial charge in [0.1, 0.15) is 6.33 Å². The van der Waals surface area contributed by atoms with Gasteiger partial charge < -0.3 is 10.6 Å². The van der Waals surface area contributed by atoms with Crippen molar-refractivity contribution in [1.82, 2.24) is 9.66 Å². The fraction of sp³-hybridized carbons (Fsp3) is 0.429. The standard InChI is InChI=1S/C7H11N3O2/c1-3-12-7(11)6-5(2)9-4-10(6)8/h4H,3,8H2,1-2H3. The number of ether oxygens (including phenoxy) is 1. The van der Waals surface area contributed by atoms with E-state index >= 15 is 0 Å². The molecular weight excluding hydrogens is 158 g/mol. The highest BCUT2D eigenvalue weighted by atomic mass is 16.5. The zero-order valence-electron chi connectivity index (χ0n) is 7.07. The Balaban J connectivity index is 2.93. The molecule has 1 heterocycles. The number of carbonyl (C=O) groups is 1. The van der Waals surface area contributed by atoms with Gasteiger partial charge in [-0.2, -0.15) is 0 Å². The second-order valence-electron chi connectivity index (χ2n) is 2.31. The highest BCUT2D eigenvalue weighted by molar-refractivity contribution is 5.88. The number of carbonyl (C=O) groups excluding carboxylic acids is 1. The average Bonchev–Trinajstić information content (AvgIpc) is 2.32. The fourth-order valence-corrected chi connectivity index (χ4v) is 0.907. The third-order valence-electron chi connectivity index (χ3n) is 1.45. The minimum atomic E-state index is -0.435. The smallest absolute Gasteiger partial charge is 0.358 e.